The van der Waals surface area contributed by atoms with Gasteiger partial charge in [-0.25, -0.2) is 0 Å². The van der Waals surface area contributed by atoms with Crippen LogP contribution in [-0.2, 0) is 4.79 Å². The molecule has 2 saturated carbocycles. The van der Waals surface area contributed by atoms with Crippen molar-refractivity contribution in [2.45, 2.75) is 53.1 Å². The molecule has 0 heterocycles. The summed E-state index contributed by atoms with van der Waals surface area (Å²) in [7, 11) is 0. The van der Waals surface area contributed by atoms with Gasteiger partial charge in [-0.2, -0.15) is 0 Å². The minimum atomic E-state index is -0.161. The fourth-order valence-electron chi connectivity index (χ4n) is 4.30. The second-order valence-corrected chi connectivity index (χ2v) is 6.74. The fourth-order valence-corrected chi connectivity index (χ4v) is 4.30. The van der Waals surface area contributed by atoms with Crippen molar-refractivity contribution in [1.29, 1.82) is 0 Å². The van der Waals surface area contributed by atoms with Gasteiger partial charge in [-0.1, -0.05) is 27.7 Å². The second-order valence-electron chi connectivity index (χ2n) is 6.74. The predicted molar refractivity (Wildman–Crippen MR) is 68.5 cm³/mol. The molecule has 17 heavy (non-hydrogen) atoms. The van der Waals surface area contributed by atoms with Crippen molar-refractivity contribution in [3.63, 3.8) is 0 Å². The Morgan fingerprint density at radius 1 is 1.18 bits per heavy atom. The third kappa shape index (κ3) is 2.29. The molecule has 5 unspecified atom stereocenters. The van der Waals surface area contributed by atoms with E-state index in [9.17, 15) is 9.90 Å². The van der Waals surface area contributed by atoms with E-state index < -0.39 is 0 Å². The molecular weight excluding hydrogens is 212 g/mol. The summed E-state index contributed by atoms with van der Waals surface area (Å²) in [6, 6.07) is 0. The molecule has 0 aromatic carbocycles. The van der Waals surface area contributed by atoms with Crippen LogP contribution in [0.4, 0.5) is 0 Å². The molecule has 2 fully saturated rings. The van der Waals surface area contributed by atoms with Crippen LogP contribution < -0.4 is 0 Å². The fraction of sp³-hybridized carbons (Fsp3) is 0.933. The molecule has 0 bridgehead atoms. The van der Waals surface area contributed by atoms with Crippen molar-refractivity contribution in [2.24, 2.45) is 35.5 Å². The molecule has 98 valence electrons. The van der Waals surface area contributed by atoms with E-state index >= 15 is 0 Å². The molecule has 0 spiro atoms. The molecule has 0 radical (unpaired) electrons. The lowest BCUT2D eigenvalue weighted by atomic mass is 9.56. The standard InChI is InChI=1S/C15H26O2/c1-8(2)15-12-5-10(4)13(16)7-11(12)9(3)6-14(15)17/h8-12,14-15,17H,5-7H2,1-4H3/t9?,10?,11?,12?,14?,15-/m1/s1. The van der Waals surface area contributed by atoms with Crippen LogP contribution in [0.1, 0.15) is 47.0 Å². The maximum absolute atomic E-state index is 11.9. The maximum atomic E-state index is 11.9. The van der Waals surface area contributed by atoms with Crippen LogP contribution in [0.25, 0.3) is 0 Å². The first-order valence-electron chi connectivity index (χ1n) is 7.12. The average Bonchev–Trinajstić information content (AvgIpc) is 2.20. The van der Waals surface area contributed by atoms with Crippen molar-refractivity contribution in [2.75, 3.05) is 0 Å². The Morgan fingerprint density at radius 3 is 2.41 bits per heavy atom. The van der Waals surface area contributed by atoms with Gasteiger partial charge in [0.25, 0.3) is 0 Å². The minimum absolute atomic E-state index is 0.161. The summed E-state index contributed by atoms with van der Waals surface area (Å²) >= 11 is 0. The number of aliphatic hydroxyl groups excluding tert-OH is 1. The van der Waals surface area contributed by atoms with Crippen LogP contribution in [0.5, 0.6) is 0 Å². The summed E-state index contributed by atoms with van der Waals surface area (Å²) in [6.07, 6.45) is 2.47. The minimum Gasteiger partial charge on any atom is -0.393 e. The molecule has 2 heteroatoms. The van der Waals surface area contributed by atoms with Crippen molar-refractivity contribution in [1.82, 2.24) is 0 Å². The molecule has 0 aromatic heterocycles. The first-order valence-corrected chi connectivity index (χ1v) is 7.12. The number of fused-ring (bicyclic) bond motifs is 1. The van der Waals surface area contributed by atoms with Crippen molar-refractivity contribution in [3.8, 4) is 0 Å². The van der Waals surface area contributed by atoms with Gasteiger partial charge in [0.2, 0.25) is 0 Å². The third-order valence-electron chi connectivity index (χ3n) is 5.21. The van der Waals surface area contributed by atoms with E-state index in [0.717, 1.165) is 19.3 Å². The summed E-state index contributed by atoms with van der Waals surface area (Å²) < 4.78 is 0. The van der Waals surface area contributed by atoms with Gasteiger partial charge in [0.15, 0.2) is 0 Å². The van der Waals surface area contributed by atoms with Crippen LogP contribution in [0, 0.1) is 35.5 Å². The van der Waals surface area contributed by atoms with Gasteiger partial charge in [-0.05, 0) is 42.4 Å². The quantitative estimate of drug-likeness (QED) is 0.762. The lowest BCUT2D eigenvalue weighted by molar-refractivity contribution is -0.135. The smallest absolute Gasteiger partial charge is 0.136 e. The van der Waals surface area contributed by atoms with E-state index in [1.54, 1.807) is 0 Å². The molecule has 6 atom stereocenters. The van der Waals surface area contributed by atoms with Gasteiger partial charge < -0.3 is 5.11 Å². The molecule has 2 aliphatic rings. The van der Waals surface area contributed by atoms with Crippen LogP contribution in [0.2, 0.25) is 0 Å². The van der Waals surface area contributed by atoms with Crippen molar-refractivity contribution < 1.29 is 9.90 Å². The van der Waals surface area contributed by atoms with Gasteiger partial charge in [0.1, 0.15) is 5.78 Å². The SMILES string of the molecule is CC1CC2C(CC1=O)C(C)CC(O)[C@@H]2C(C)C. The predicted octanol–water partition coefficient (Wildman–Crippen LogP) is 2.89. The highest BCUT2D eigenvalue weighted by Crippen LogP contribution is 2.49. The highest BCUT2D eigenvalue weighted by Gasteiger charge is 2.47. The summed E-state index contributed by atoms with van der Waals surface area (Å²) in [6.45, 7) is 8.69. The van der Waals surface area contributed by atoms with E-state index in [2.05, 4.69) is 27.7 Å². The second kappa shape index (κ2) is 4.72. The number of hydrogen-bond donors (Lipinski definition) is 1. The topological polar surface area (TPSA) is 37.3 Å². The normalized spacial score (nSPS) is 47.1. The van der Waals surface area contributed by atoms with Crippen molar-refractivity contribution >= 4 is 5.78 Å². The lowest BCUT2D eigenvalue weighted by Gasteiger charge is -2.49. The zero-order valence-corrected chi connectivity index (χ0v) is 11.5. The molecule has 2 nitrogen and oxygen atoms in total. The summed E-state index contributed by atoms with van der Waals surface area (Å²) in [4.78, 5) is 11.9. The zero-order valence-electron chi connectivity index (χ0n) is 11.5. The Bertz CT molecular complexity index is 297. The average molecular weight is 238 g/mol. The van der Waals surface area contributed by atoms with E-state index in [4.69, 9.17) is 0 Å². The molecular formula is C15H26O2. The Kier molecular flexibility index (Phi) is 3.63. The third-order valence-corrected chi connectivity index (χ3v) is 5.21. The molecule has 0 aromatic rings. The van der Waals surface area contributed by atoms with Crippen LogP contribution in [0.3, 0.4) is 0 Å². The highest BCUT2D eigenvalue weighted by molar-refractivity contribution is 5.81. The molecule has 1 N–H and O–H groups in total. The highest BCUT2D eigenvalue weighted by atomic mass is 16.3. The first kappa shape index (κ1) is 13.1. The lowest BCUT2D eigenvalue weighted by Crippen LogP contribution is -2.48. The summed E-state index contributed by atoms with van der Waals surface area (Å²) in [5, 5.41) is 10.3. The number of carbonyl (C=O) groups is 1. The molecule has 0 aliphatic heterocycles. The summed E-state index contributed by atoms with van der Waals surface area (Å²) in [5.41, 5.74) is 0. The molecule has 2 aliphatic carbocycles. The number of aliphatic hydroxyl groups is 1. The van der Waals surface area contributed by atoms with Gasteiger partial charge >= 0.3 is 0 Å². The number of carbonyl (C=O) groups excluding carboxylic acids is 1. The van der Waals surface area contributed by atoms with E-state index in [-0.39, 0.29) is 12.0 Å². The van der Waals surface area contributed by atoms with Crippen LogP contribution >= 0.6 is 0 Å². The van der Waals surface area contributed by atoms with Gasteiger partial charge in [0.05, 0.1) is 6.10 Å². The number of ketones is 1. The molecule has 2 rings (SSSR count). The molecule has 0 saturated heterocycles. The maximum Gasteiger partial charge on any atom is 0.136 e. The van der Waals surface area contributed by atoms with Crippen LogP contribution in [-0.4, -0.2) is 17.0 Å². The molecule has 0 amide bonds. The van der Waals surface area contributed by atoms with Crippen LogP contribution in [0.15, 0.2) is 0 Å². The number of Topliss-reactive ketones (excluding diaryl/α,β-unsaturated/α-hetero) is 1. The van der Waals surface area contributed by atoms with E-state index in [0.29, 0.717) is 35.4 Å². The largest absolute Gasteiger partial charge is 0.393 e. The van der Waals surface area contributed by atoms with Gasteiger partial charge in [0, 0.05) is 12.3 Å². The number of hydrogen-bond acceptors (Lipinski definition) is 2. The first-order chi connectivity index (χ1) is 7.91. The van der Waals surface area contributed by atoms with Gasteiger partial charge in [-0.15, -0.1) is 0 Å². The summed E-state index contributed by atoms with van der Waals surface area (Å²) in [5.74, 6) is 3.14. The Balaban J connectivity index is 2.23. The van der Waals surface area contributed by atoms with E-state index in [1.807, 2.05) is 0 Å². The monoisotopic (exact) mass is 238 g/mol. The number of rotatable bonds is 1. The Labute approximate surface area is 105 Å². The van der Waals surface area contributed by atoms with E-state index in [1.165, 1.54) is 0 Å². The van der Waals surface area contributed by atoms with Gasteiger partial charge in [-0.3, -0.25) is 4.79 Å². The zero-order chi connectivity index (χ0) is 12.7. The Morgan fingerprint density at radius 2 is 1.82 bits per heavy atom. The van der Waals surface area contributed by atoms with Crippen molar-refractivity contribution in [3.05, 3.63) is 0 Å². The Hall–Kier alpha value is -0.370.